The summed E-state index contributed by atoms with van der Waals surface area (Å²) in [6.45, 7) is 10.4. The van der Waals surface area contributed by atoms with Crippen LogP contribution >= 0.6 is 0 Å². The summed E-state index contributed by atoms with van der Waals surface area (Å²) in [6, 6.07) is 7.57. The van der Waals surface area contributed by atoms with Crippen molar-refractivity contribution in [2.45, 2.75) is 46.1 Å². The van der Waals surface area contributed by atoms with Gasteiger partial charge in [0.2, 0.25) is 0 Å². The lowest BCUT2D eigenvalue weighted by Gasteiger charge is -2.38. The van der Waals surface area contributed by atoms with Crippen LogP contribution in [0.15, 0.2) is 18.2 Å². The molecular formula is C18H28N2. The zero-order valence-electron chi connectivity index (χ0n) is 13.2. The van der Waals surface area contributed by atoms with Gasteiger partial charge < -0.3 is 10.2 Å². The molecule has 0 bridgehead atoms. The maximum atomic E-state index is 3.80. The van der Waals surface area contributed by atoms with Crippen LogP contribution < -0.4 is 10.2 Å². The van der Waals surface area contributed by atoms with E-state index in [0.717, 1.165) is 11.8 Å². The van der Waals surface area contributed by atoms with E-state index in [4.69, 9.17) is 0 Å². The van der Waals surface area contributed by atoms with Gasteiger partial charge in [0.1, 0.15) is 0 Å². The first kappa shape index (κ1) is 13.9. The normalized spacial score (nSPS) is 26.9. The molecule has 1 aromatic carbocycles. The van der Waals surface area contributed by atoms with Crippen LogP contribution in [0.3, 0.4) is 0 Å². The van der Waals surface area contributed by atoms with Gasteiger partial charge in [-0.05, 0) is 74.8 Å². The average Bonchev–Trinajstić information content (AvgIpc) is 3.23. The monoisotopic (exact) mass is 272 g/mol. The van der Waals surface area contributed by atoms with E-state index in [9.17, 15) is 0 Å². The molecule has 0 spiro atoms. The number of anilines is 1. The van der Waals surface area contributed by atoms with Gasteiger partial charge in [-0.2, -0.15) is 0 Å². The Balaban J connectivity index is 1.66. The van der Waals surface area contributed by atoms with Crippen molar-refractivity contribution in [2.75, 3.05) is 24.5 Å². The fourth-order valence-electron chi connectivity index (χ4n) is 3.29. The van der Waals surface area contributed by atoms with Crippen molar-refractivity contribution in [3.05, 3.63) is 29.3 Å². The Bertz CT molecular complexity index is 464. The van der Waals surface area contributed by atoms with E-state index in [1.807, 2.05) is 0 Å². The van der Waals surface area contributed by atoms with Crippen molar-refractivity contribution in [1.29, 1.82) is 0 Å². The molecule has 1 N–H and O–H groups in total. The summed E-state index contributed by atoms with van der Waals surface area (Å²) >= 11 is 0. The SMILES string of the molecule is Cc1ccc(N2CC(C)CC(NCC3CC3)C2)cc1C. The molecule has 0 radical (unpaired) electrons. The second-order valence-electron chi connectivity index (χ2n) is 7.06. The maximum absolute atomic E-state index is 3.80. The quantitative estimate of drug-likeness (QED) is 0.902. The Morgan fingerprint density at radius 3 is 2.65 bits per heavy atom. The predicted molar refractivity (Wildman–Crippen MR) is 86.4 cm³/mol. The number of hydrogen-bond donors (Lipinski definition) is 1. The largest absolute Gasteiger partial charge is 0.370 e. The minimum atomic E-state index is 0.668. The van der Waals surface area contributed by atoms with Gasteiger partial charge in [-0.3, -0.25) is 0 Å². The average molecular weight is 272 g/mol. The second kappa shape index (κ2) is 5.77. The molecule has 3 rings (SSSR count). The molecule has 2 atom stereocenters. The van der Waals surface area contributed by atoms with Gasteiger partial charge in [0, 0.05) is 24.8 Å². The number of rotatable bonds is 4. The van der Waals surface area contributed by atoms with E-state index in [1.54, 1.807) is 0 Å². The van der Waals surface area contributed by atoms with Crippen LogP contribution in [0.2, 0.25) is 0 Å². The smallest absolute Gasteiger partial charge is 0.0369 e. The molecule has 2 fully saturated rings. The predicted octanol–water partition coefficient (Wildman–Crippen LogP) is 3.52. The van der Waals surface area contributed by atoms with Gasteiger partial charge in [0.25, 0.3) is 0 Å². The summed E-state index contributed by atoms with van der Waals surface area (Å²) < 4.78 is 0. The lowest BCUT2D eigenvalue weighted by molar-refractivity contribution is 0.348. The van der Waals surface area contributed by atoms with Crippen LogP contribution in [-0.4, -0.2) is 25.7 Å². The Labute approximate surface area is 123 Å². The molecule has 2 heteroatoms. The fraction of sp³-hybridized carbons (Fsp3) is 0.667. The van der Waals surface area contributed by atoms with Crippen LogP contribution in [0, 0.1) is 25.7 Å². The zero-order valence-corrected chi connectivity index (χ0v) is 13.2. The van der Waals surface area contributed by atoms with E-state index in [2.05, 4.69) is 49.2 Å². The molecule has 20 heavy (non-hydrogen) atoms. The standard InChI is InChI=1S/C18H28N2/c1-13-8-17(19-10-16-5-6-16)12-20(11-13)18-7-4-14(2)15(3)9-18/h4,7,9,13,16-17,19H,5-6,8,10-12H2,1-3H3. The van der Waals surface area contributed by atoms with Gasteiger partial charge >= 0.3 is 0 Å². The van der Waals surface area contributed by atoms with Crippen molar-refractivity contribution in [3.8, 4) is 0 Å². The van der Waals surface area contributed by atoms with Crippen LogP contribution in [0.25, 0.3) is 0 Å². The molecule has 1 saturated heterocycles. The highest BCUT2D eigenvalue weighted by Gasteiger charge is 2.27. The summed E-state index contributed by atoms with van der Waals surface area (Å²) in [4.78, 5) is 2.57. The van der Waals surface area contributed by atoms with Crippen molar-refractivity contribution in [3.63, 3.8) is 0 Å². The first-order valence-corrected chi connectivity index (χ1v) is 8.17. The highest BCUT2D eigenvalue weighted by atomic mass is 15.2. The zero-order chi connectivity index (χ0) is 14.1. The van der Waals surface area contributed by atoms with Crippen molar-refractivity contribution < 1.29 is 0 Å². The third-order valence-corrected chi connectivity index (χ3v) is 4.91. The van der Waals surface area contributed by atoms with Crippen LogP contribution in [0.4, 0.5) is 5.69 Å². The lowest BCUT2D eigenvalue weighted by atomic mass is 9.95. The molecule has 2 unspecified atom stereocenters. The Morgan fingerprint density at radius 1 is 1.15 bits per heavy atom. The summed E-state index contributed by atoms with van der Waals surface area (Å²) in [7, 11) is 0. The molecule has 1 saturated carbocycles. The number of piperidine rings is 1. The van der Waals surface area contributed by atoms with Gasteiger partial charge in [-0.15, -0.1) is 0 Å². The molecule has 110 valence electrons. The molecule has 2 aliphatic rings. The molecule has 1 heterocycles. The number of aryl methyl sites for hydroxylation is 2. The van der Waals surface area contributed by atoms with Crippen LogP contribution in [0.5, 0.6) is 0 Å². The second-order valence-corrected chi connectivity index (χ2v) is 7.06. The summed E-state index contributed by atoms with van der Waals surface area (Å²) in [6.07, 6.45) is 4.21. The van der Waals surface area contributed by atoms with Crippen molar-refractivity contribution >= 4 is 5.69 Å². The molecule has 2 nitrogen and oxygen atoms in total. The van der Waals surface area contributed by atoms with Crippen molar-refractivity contribution in [1.82, 2.24) is 5.32 Å². The lowest BCUT2D eigenvalue weighted by Crippen LogP contribution is -2.49. The van der Waals surface area contributed by atoms with E-state index < -0.39 is 0 Å². The molecule has 1 aromatic rings. The van der Waals surface area contributed by atoms with E-state index in [-0.39, 0.29) is 0 Å². The molecule has 0 aromatic heterocycles. The van der Waals surface area contributed by atoms with Gasteiger partial charge in [-0.1, -0.05) is 13.0 Å². The summed E-state index contributed by atoms with van der Waals surface area (Å²) in [5.41, 5.74) is 4.20. The molecule has 0 amide bonds. The van der Waals surface area contributed by atoms with Crippen LogP contribution in [-0.2, 0) is 0 Å². The van der Waals surface area contributed by atoms with Gasteiger partial charge in [-0.25, -0.2) is 0 Å². The minimum Gasteiger partial charge on any atom is -0.370 e. The first-order chi connectivity index (χ1) is 9.61. The highest BCUT2D eigenvalue weighted by Crippen LogP contribution is 2.29. The van der Waals surface area contributed by atoms with Gasteiger partial charge in [0.15, 0.2) is 0 Å². The molecular weight excluding hydrogens is 244 g/mol. The highest BCUT2D eigenvalue weighted by molar-refractivity contribution is 5.51. The summed E-state index contributed by atoms with van der Waals surface area (Å²) in [5.74, 6) is 1.75. The third kappa shape index (κ3) is 3.35. The number of hydrogen-bond acceptors (Lipinski definition) is 2. The van der Waals surface area contributed by atoms with Crippen molar-refractivity contribution in [2.24, 2.45) is 11.8 Å². The topological polar surface area (TPSA) is 15.3 Å². The molecule has 1 aliphatic heterocycles. The van der Waals surface area contributed by atoms with Crippen LogP contribution in [0.1, 0.15) is 37.3 Å². The van der Waals surface area contributed by atoms with E-state index in [0.29, 0.717) is 6.04 Å². The first-order valence-electron chi connectivity index (χ1n) is 8.17. The third-order valence-electron chi connectivity index (χ3n) is 4.91. The Morgan fingerprint density at radius 2 is 1.95 bits per heavy atom. The Kier molecular flexibility index (Phi) is 4.02. The minimum absolute atomic E-state index is 0.668. The number of nitrogens with zero attached hydrogens (tertiary/aromatic N) is 1. The molecule has 1 aliphatic carbocycles. The van der Waals surface area contributed by atoms with E-state index in [1.165, 1.54) is 55.7 Å². The number of benzene rings is 1. The van der Waals surface area contributed by atoms with E-state index >= 15 is 0 Å². The van der Waals surface area contributed by atoms with Gasteiger partial charge in [0.05, 0.1) is 0 Å². The fourth-order valence-corrected chi connectivity index (χ4v) is 3.29. The Hall–Kier alpha value is -1.02. The summed E-state index contributed by atoms with van der Waals surface area (Å²) in [5, 5.41) is 3.80. The maximum Gasteiger partial charge on any atom is 0.0369 e. The number of nitrogens with one attached hydrogen (secondary N) is 1.